The van der Waals surface area contributed by atoms with E-state index in [1.807, 2.05) is 24.3 Å². The van der Waals surface area contributed by atoms with E-state index in [0.717, 1.165) is 35.0 Å². The third-order valence-electron chi connectivity index (χ3n) is 9.92. The summed E-state index contributed by atoms with van der Waals surface area (Å²) in [7, 11) is 0. The van der Waals surface area contributed by atoms with Crippen molar-refractivity contribution in [2.45, 2.75) is 69.0 Å². The van der Waals surface area contributed by atoms with Gasteiger partial charge >= 0.3 is 0 Å². The summed E-state index contributed by atoms with van der Waals surface area (Å²) in [6.45, 7) is 4.46. The number of imide groups is 1. The Balaban J connectivity index is 0.965. The van der Waals surface area contributed by atoms with Gasteiger partial charge in [-0.2, -0.15) is 0 Å². The lowest BCUT2D eigenvalue weighted by Gasteiger charge is -2.31. The molecule has 0 saturated carbocycles. The lowest BCUT2D eigenvalue weighted by atomic mass is 9.95. The van der Waals surface area contributed by atoms with Crippen molar-refractivity contribution in [1.29, 1.82) is 0 Å². The number of rotatable bonds is 8. The molecular weight excluding hydrogens is 607 g/mol. The summed E-state index contributed by atoms with van der Waals surface area (Å²) in [6.07, 6.45) is 1.79. The van der Waals surface area contributed by atoms with Gasteiger partial charge in [-0.05, 0) is 66.8 Å². The monoisotopic (exact) mass is 644 g/mol. The molecule has 3 amide bonds. The fourth-order valence-corrected chi connectivity index (χ4v) is 7.37. The summed E-state index contributed by atoms with van der Waals surface area (Å²) in [5.41, 5.74) is 3.48. The van der Waals surface area contributed by atoms with E-state index in [0.29, 0.717) is 75.2 Å². The van der Waals surface area contributed by atoms with Gasteiger partial charge in [0.2, 0.25) is 11.8 Å². The first-order chi connectivity index (χ1) is 22.9. The van der Waals surface area contributed by atoms with Crippen LogP contribution >= 0.6 is 0 Å². The van der Waals surface area contributed by atoms with Gasteiger partial charge in [-0.15, -0.1) is 0 Å². The van der Waals surface area contributed by atoms with Crippen LogP contribution in [0.25, 0.3) is 10.9 Å². The molecule has 0 radical (unpaired) electrons. The third-order valence-corrected chi connectivity index (χ3v) is 9.92. The molecule has 3 aromatic rings. The summed E-state index contributed by atoms with van der Waals surface area (Å²) in [5, 5.41) is 3.12. The molecule has 246 valence electrons. The molecule has 1 unspecified atom stereocenters. The summed E-state index contributed by atoms with van der Waals surface area (Å²) in [4.78, 5) is 45.7. The summed E-state index contributed by atoms with van der Waals surface area (Å²) in [5.74, 6) is -0.400. The Morgan fingerprint density at radius 1 is 0.957 bits per heavy atom. The Hall–Kier alpha value is -3.97. The highest BCUT2D eigenvalue weighted by Gasteiger charge is 2.41. The average molecular weight is 645 g/mol. The summed E-state index contributed by atoms with van der Waals surface area (Å²) in [6, 6.07) is 12.3. The van der Waals surface area contributed by atoms with Crippen LogP contribution in [-0.4, -0.2) is 96.4 Å². The molecule has 47 heavy (non-hydrogen) atoms. The number of carbonyl (C=O) groups excluding carboxylic acids is 3. The van der Waals surface area contributed by atoms with E-state index in [2.05, 4.69) is 10.2 Å². The van der Waals surface area contributed by atoms with E-state index in [1.165, 1.54) is 4.90 Å². The quantitative estimate of drug-likeness (QED) is 0.369. The first-order valence-electron chi connectivity index (χ1n) is 16.4. The highest BCUT2D eigenvalue weighted by atomic mass is 19.1. The number of fused-ring (bicyclic) bond motifs is 2. The fourth-order valence-electron chi connectivity index (χ4n) is 7.37. The predicted molar refractivity (Wildman–Crippen MR) is 166 cm³/mol. The van der Waals surface area contributed by atoms with Gasteiger partial charge < -0.3 is 23.8 Å². The maximum Gasteiger partial charge on any atom is 0.255 e. The number of nitrogens with one attached hydrogen (secondary N) is 1. The number of carbonyl (C=O) groups is 3. The van der Waals surface area contributed by atoms with Crippen molar-refractivity contribution in [3.8, 4) is 5.75 Å². The Labute approximate surface area is 271 Å². The normalized spacial score (nSPS) is 25.7. The lowest BCUT2D eigenvalue weighted by molar-refractivity contribution is -0.163. The minimum Gasteiger partial charge on any atom is -0.486 e. The Morgan fingerprint density at radius 2 is 1.79 bits per heavy atom. The number of likely N-dealkylation sites (tertiary alicyclic amines) is 1. The van der Waals surface area contributed by atoms with Gasteiger partial charge in [0, 0.05) is 68.4 Å². The van der Waals surface area contributed by atoms with Gasteiger partial charge in [0.15, 0.2) is 0 Å². The molecule has 5 aliphatic rings. The highest BCUT2D eigenvalue weighted by molar-refractivity contribution is 6.05. The summed E-state index contributed by atoms with van der Waals surface area (Å²) < 4.78 is 39.1. The molecule has 6 heterocycles. The fraction of sp³-hybridized carbons (Fsp3) is 0.486. The molecule has 4 fully saturated rings. The van der Waals surface area contributed by atoms with Gasteiger partial charge in [0.1, 0.15) is 41.4 Å². The number of hydrogen-bond donors (Lipinski definition) is 1. The van der Waals surface area contributed by atoms with Crippen LogP contribution in [0.15, 0.2) is 42.5 Å². The zero-order chi connectivity index (χ0) is 32.1. The van der Waals surface area contributed by atoms with E-state index < -0.39 is 11.9 Å². The molecule has 12 heteroatoms. The molecule has 11 nitrogen and oxygen atoms in total. The first-order valence-corrected chi connectivity index (χ1v) is 16.4. The van der Waals surface area contributed by atoms with Crippen LogP contribution in [0.1, 0.15) is 58.8 Å². The standard InChI is InChI=1S/C35H37FN4O7/c36-27-12-20(11-22-1-4-28(37-33(22)27)21-7-9-44-10-8-21)14-39-16-30(31(17-39)47-25-18-45-19-25)46-24-2-3-26-23(13-24)15-40(35(26)43)29-5-6-32(41)38-34(29)42/h1-4,11-13,21,25,29-31H,5-10,14-19H2,(H,38,41,42)/t29?,30-,31-/m1/s1. The molecule has 3 atom stereocenters. The average Bonchev–Trinajstić information content (AvgIpc) is 3.57. The van der Waals surface area contributed by atoms with E-state index in [9.17, 15) is 14.4 Å². The first kappa shape index (κ1) is 30.4. The Bertz CT molecular complexity index is 1730. The highest BCUT2D eigenvalue weighted by Crippen LogP contribution is 2.33. The van der Waals surface area contributed by atoms with E-state index in [4.69, 9.17) is 23.9 Å². The maximum atomic E-state index is 15.4. The van der Waals surface area contributed by atoms with Crippen molar-refractivity contribution in [2.24, 2.45) is 0 Å². The molecule has 5 aliphatic heterocycles. The van der Waals surface area contributed by atoms with Gasteiger partial charge in [0.05, 0.1) is 13.2 Å². The van der Waals surface area contributed by atoms with Gasteiger partial charge in [-0.25, -0.2) is 9.37 Å². The van der Waals surface area contributed by atoms with Crippen molar-refractivity contribution in [2.75, 3.05) is 39.5 Å². The number of ether oxygens (including phenoxy) is 4. The van der Waals surface area contributed by atoms with Crippen molar-refractivity contribution in [3.63, 3.8) is 0 Å². The number of hydrogen-bond acceptors (Lipinski definition) is 9. The van der Waals surface area contributed by atoms with Crippen LogP contribution in [0, 0.1) is 5.82 Å². The van der Waals surface area contributed by atoms with Crippen molar-refractivity contribution in [3.05, 3.63) is 70.7 Å². The van der Waals surface area contributed by atoms with Crippen molar-refractivity contribution >= 4 is 28.6 Å². The van der Waals surface area contributed by atoms with E-state index >= 15 is 4.39 Å². The van der Waals surface area contributed by atoms with Crippen LogP contribution in [0.3, 0.4) is 0 Å². The second-order valence-corrected chi connectivity index (χ2v) is 13.2. The predicted octanol–water partition coefficient (Wildman–Crippen LogP) is 3.08. The SMILES string of the molecule is O=C1CCC(N2Cc3cc(O[C@@H]4CN(Cc5cc(F)c6nc(C7CCOCC7)ccc6c5)C[C@H]4OC4COC4)ccc3C2=O)C(=O)N1. The molecule has 0 bridgehead atoms. The number of piperidine rings is 1. The van der Waals surface area contributed by atoms with Crippen LogP contribution in [0.5, 0.6) is 5.75 Å². The van der Waals surface area contributed by atoms with Crippen molar-refractivity contribution < 1.29 is 37.7 Å². The minimum atomic E-state index is -0.674. The number of amides is 3. The molecule has 2 aromatic carbocycles. The second-order valence-electron chi connectivity index (χ2n) is 13.2. The van der Waals surface area contributed by atoms with Crippen LogP contribution in [0.2, 0.25) is 0 Å². The largest absolute Gasteiger partial charge is 0.486 e. The molecule has 0 aliphatic carbocycles. The molecule has 1 N–H and O–H groups in total. The smallest absolute Gasteiger partial charge is 0.255 e. The molecule has 4 saturated heterocycles. The molecule has 0 spiro atoms. The molecule has 8 rings (SSSR count). The number of halogens is 1. The van der Waals surface area contributed by atoms with Crippen LogP contribution in [0.4, 0.5) is 4.39 Å². The Morgan fingerprint density at radius 3 is 2.57 bits per heavy atom. The third kappa shape index (κ3) is 6.11. The van der Waals surface area contributed by atoms with Crippen LogP contribution in [-0.2, 0) is 36.9 Å². The van der Waals surface area contributed by atoms with Gasteiger partial charge in [-0.3, -0.25) is 24.6 Å². The maximum absolute atomic E-state index is 15.4. The number of nitrogens with zero attached hydrogens (tertiary/aromatic N) is 3. The second kappa shape index (κ2) is 12.6. The van der Waals surface area contributed by atoms with Crippen LogP contribution < -0.4 is 10.1 Å². The number of benzene rings is 2. The van der Waals surface area contributed by atoms with E-state index in [1.54, 1.807) is 18.2 Å². The van der Waals surface area contributed by atoms with Gasteiger partial charge in [0.25, 0.3) is 5.91 Å². The zero-order valence-electron chi connectivity index (χ0n) is 26.0. The number of pyridine rings is 1. The minimum absolute atomic E-state index is 0.000109. The van der Waals surface area contributed by atoms with Crippen molar-refractivity contribution in [1.82, 2.24) is 20.1 Å². The van der Waals surface area contributed by atoms with E-state index in [-0.39, 0.29) is 48.9 Å². The Kier molecular flexibility index (Phi) is 8.12. The molecule has 1 aromatic heterocycles. The molecular formula is C35H37FN4O7. The zero-order valence-corrected chi connectivity index (χ0v) is 26.0. The lowest BCUT2D eigenvalue weighted by Crippen LogP contribution is -2.52. The number of aromatic nitrogens is 1. The summed E-state index contributed by atoms with van der Waals surface area (Å²) >= 11 is 0. The topological polar surface area (TPSA) is 120 Å². The van der Waals surface area contributed by atoms with Gasteiger partial charge in [-0.1, -0.05) is 6.07 Å².